The van der Waals surface area contributed by atoms with Crippen LogP contribution in [0.4, 0.5) is 0 Å². The number of thioether (sulfide) groups is 1. The van der Waals surface area contributed by atoms with Crippen LogP contribution in [0.15, 0.2) is 34.5 Å². The van der Waals surface area contributed by atoms with Crippen molar-refractivity contribution in [3.05, 3.63) is 45.9 Å². The summed E-state index contributed by atoms with van der Waals surface area (Å²) < 4.78 is 0. The Balaban J connectivity index is 1.58. The molecule has 24 heavy (non-hydrogen) atoms. The summed E-state index contributed by atoms with van der Waals surface area (Å²) in [7, 11) is 1.97. The fourth-order valence-electron chi connectivity index (χ4n) is 2.91. The highest BCUT2D eigenvalue weighted by atomic mass is 32.2. The molecule has 0 bridgehead atoms. The van der Waals surface area contributed by atoms with Gasteiger partial charge in [-0.3, -0.25) is 4.79 Å². The maximum Gasteiger partial charge on any atom is 0.253 e. The third kappa shape index (κ3) is 4.37. The Morgan fingerprint density at radius 2 is 2.21 bits per heavy atom. The van der Waals surface area contributed by atoms with Crippen molar-refractivity contribution >= 4 is 29.0 Å². The van der Waals surface area contributed by atoms with Gasteiger partial charge in [0, 0.05) is 40.7 Å². The molecule has 1 aromatic carbocycles. The van der Waals surface area contributed by atoms with Crippen molar-refractivity contribution < 1.29 is 4.79 Å². The van der Waals surface area contributed by atoms with Gasteiger partial charge >= 0.3 is 0 Å². The van der Waals surface area contributed by atoms with Crippen LogP contribution in [-0.2, 0) is 5.75 Å². The van der Waals surface area contributed by atoms with Gasteiger partial charge in [-0.25, -0.2) is 4.98 Å². The van der Waals surface area contributed by atoms with Crippen LogP contribution in [0, 0.1) is 6.92 Å². The lowest BCUT2D eigenvalue weighted by atomic mass is 10.0. The molecule has 4 nitrogen and oxygen atoms in total. The van der Waals surface area contributed by atoms with E-state index in [0.29, 0.717) is 6.04 Å². The Morgan fingerprint density at radius 1 is 1.42 bits per heavy atom. The second-order valence-electron chi connectivity index (χ2n) is 6.05. The topological polar surface area (TPSA) is 45.2 Å². The van der Waals surface area contributed by atoms with Gasteiger partial charge in [-0.05, 0) is 51.1 Å². The number of amides is 1. The van der Waals surface area contributed by atoms with E-state index in [1.165, 1.54) is 4.90 Å². The predicted molar refractivity (Wildman–Crippen MR) is 101 cm³/mol. The average Bonchev–Trinajstić information content (AvgIpc) is 3.05. The molecule has 1 N–H and O–H groups in total. The van der Waals surface area contributed by atoms with Gasteiger partial charge in [0.2, 0.25) is 0 Å². The first-order valence-electron chi connectivity index (χ1n) is 8.26. The lowest BCUT2D eigenvalue weighted by Crippen LogP contribution is -2.46. The van der Waals surface area contributed by atoms with Gasteiger partial charge in [0.15, 0.2) is 0 Å². The van der Waals surface area contributed by atoms with E-state index in [9.17, 15) is 4.79 Å². The van der Waals surface area contributed by atoms with Crippen molar-refractivity contribution in [3.63, 3.8) is 0 Å². The zero-order chi connectivity index (χ0) is 16.9. The molecule has 6 heteroatoms. The number of nitrogens with zero attached hydrogens (tertiary/aromatic N) is 2. The van der Waals surface area contributed by atoms with E-state index in [1.54, 1.807) is 23.1 Å². The lowest BCUT2D eigenvalue weighted by molar-refractivity contribution is 0.0698. The fraction of sp³-hybridized carbons (Fsp3) is 0.444. The van der Waals surface area contributed by atoms with Crippen molar-refractivity contribution in [2.75, 3.05) is 20.1 Å². The van der Waals surface area contributed by atoms with Gasteiger partial charge in [-0.2, -0.15) is 0 Å². The summed E-state index contributed by atoms with van der Waals surface area (Å²) in [6.07, 6.45) is 2.21. The molecule has 1 fully saturated rings. The van der Waals surface area contributed by atoms with Crippen LogP contribution in [0.3, 0.4) is 0 Å². The largest absolute Gasteiger partial charge is 0.337 e. The number of carbonyl (C=O) groups excluding carboxylic acids is 1. The van der Waals surface area contributed by atoms with Crippen LogP contribution >= 0.6 is 23.1 Å². The Kier molecular flexibility index (Phi) is 5.92. The van der Waals surface area contributed by atoms with E-state index in [4.69, 9.17) is 0 Å². The molecule has 1 saturated heterocycles. The first-order chi connectivity index (χ1) is 11.7. The maximum atomic E-state index is 12.6. The Labute approximate surface area is 151 Å². The number of hydrogen-bond donors (Lipinski definition) is 1. The monoisotopic (exact) mass is 361 g/mol. The Hall–Kier alpha value is -1.37. The fourth-order valence-corrected chi connectivity index (χ4v) is 4.41. The molecule has 0 spiro atoms. The van der Waals surface area contributed by atoms with Crippen LogP contribution < -0.4 is 5.32 Å². The highest BCUT2D eigenvalue weighted by molar-refractivity contribution is 7.98. The van der Waals surface area contributed by atoms with Crippen LogP contribution in [0.25, 0.3) is 0 Å². The van der Waals surface area contributed by atoms with E-state index >= 15 is 0 Å². The number of aromatic nitrogens is 1. The summed E-state index contributed by atoms with van der Waals surface area (Å²) in [6.45, 7) is 3.68. The molecule has 1 unspecified atom stereocenters. The molecule has 1 aliphatic heterocycles. The van der Waals surface area contributed by atoms with Crippen molar-refractivity contribution in [1.29, 1.82) is 0 Å². The zero-order valence-electron chi connectivity index (χ0n) is 14.1. The minimum atomic E-state index is 0.140. The molecule has 0 aliphatic carbocycles. The molecular formula is C18H23N3OS2. The van der Waals surface area contributed by atoms with E-state index in [2.05, 4.69) is 15.7 Å². The van der Waals surface area contributed by atoms with Crippen molar-refractivity contribution in [2.45, 2.75) is 36.5 Å². The molecule has 2 aromatic rings. The van der Waals surface area contributed by atoms with Gasteiger partial charge in [0.25, 0.3) is 5.91 Å². The predicted octanol–water partition coefficient (Wildman–Crippen LogP) is 3.57. The molecule has 2 heterocycles. The van der Waals surface area contributed by atoms with Crippen LogP contribution in [0.2, 0.25) is 0 Å². The Bertz CT molecular complexity index is 684. The normalized spacial score (nSPS) is 17.9. The second-order valence-corrected chi connectivity index (χ2v) is 8.16. The van der Waals surface area contributed by atoms with Crippen molar-refractivity contribution in [1.82, 2.24) is 15.2 Å². The molecule has 1 atom stereocenters. The number of thiazole rings is 1. The second kappa shape index (κ2) is 8.14. The molecule has 128 valence electrons. The average molecular weight is 362 g/mol. The highest BCUT2D eigenvalue weighted by Gasteiger charge is 2.23. The van der Waals surface area contributed by atoms with Crippen LogP contribution in [0.5, 0.6) is 0 Å². The number of nitrogens with one attached hydrogen (secondary N) is 1. The third-order valence-corrected chi connectivity index (χ3v) is 6.14. The van der Waals surface area contributed by atoms with Gasteiger partial charge in [0.1, 0.15) is 0 Å². The zero-order valence-corrected chi connectivity index (χ0v) is 15.8. The first-order valence-corrected chi connectivity index (χ1v) is 10.1. The standard InChI is InChI=1S/C18H23N3OS2/c1-13-20-16(11-23-13)12-24-17-7-5-14(6-8-17)18(22)21-9-3-4-15(10-21)19-2/h5-8,11,15,19H,3-4,9-10,12H2,1-2H3. The summed E-state index contributed by atoms with van der Waals surface area (Å²) in [5.74, 6) is 1.01. The minimum absolute atomic E-state index is 0.140. The van der Waals surface area contributed by atoms with E-state index in [-0.39, 0.29) is 5.91 Å². The number of rotatable bonds is 5. The molecular weight excluding hydrogens is 338 g/mol. The van der Waals surface area contributed by atoms with E-state index in [1.807, 2.05) is 43.1 Å². The lowest BCUT2D eigenvalue weighted by Gasteiger charge is -2.32. The quantitative estimate of drug-likeness (QED) is 0.827. The first kappa shape index (κ1) is 17.5. The van der Waals surface area contributed by atoms with Gasteiger partial charge < -0.3 is 10.2 Å². The van der Waals surface area contributed by atoms with Crippen molar-refractivity contribution in [3.8, 4) is 0 Å². The summed E-state index contributed by atoms with van der Waals surface area (Å²) in [6, 6.07) is 8.38. The molecule has 3 rings (SSSR count). The smallest absolute Gasteiger partial charge is 0.253 e. The van der Waals surface area contributed by atoms with Gasteiger partial charge in [-0.1, -0.05) is 0 Å². The van der Waals surface area contributed by atoms with Gasteiger partial charge in [-0.15, -0.1) is 23.1 Å². The molecule has 1 aliphatic rings. The number of benzene rings is 1. The van der Waals surface area contributed by atoms with Gasteiger partial charge in [0.05, 0.1) is 10.7 Å². The number of likely N-dealkylation sites (tertiary alicyclic amines) is 1. The molecule has 1 aromatic heterocycles. The van der Waals surface area contributed by atoms with Crippen molar-refractivity contribution in [2.24, 2.45) is 0 Å². The SMILES string of the molecule is CNC1CCCN(C(=O)c2ccc(SCc3csc(C)n3)cc2)C1. The summed E-state index contributed by atoms with van der Waals surface area (Å²) >= 11 is 3.44. The summed E-state index contributed by atoms with van der Waals surface area (Å²) in [5.41, 5.74) is 1.90. The number of likely N-dealkylation sites (N-methyl/N-ethyl adjacent to an activating group) is 1. The van der Waals surface area contributed by atoms with Crippen LogP contribution in [-0.4, -0.2) is 42.0 Å². The molecule has 0 saturated carbocycles. The Morgan fingerprint density at radius 3 is 2.88 bits per heavy atom. The highest BCUT2D eigenvalue weighted by Crippen LogP contribution is 2.24. The maximum absolute atomic E-state index is 12.6. The number of piperidine rings is 1. The minimum Gasteiger partial charge on any atom is -0.337 e. The summed E-state index contributed by atoms with van der Waals surface area (Å²) in [4.78, 5) is 20.2. The molecule has 0 radical (unpaired) electrons. The van der Waals surface area contributed by atoms with E-state index < -0.39 is 0 Å². The third-order valence-electron chi connectivity index (χ3n) is 4.27. The molecule has 1 amide bonds. The summed E-state index contributed by atoms with van der Waals surface area (Å²) in [5, 5.41) is 6.49. The number of aryl methyl sites for hydroxylation is 1. The number of hydrogen-bond acceptors (Lipinski definition) is 5. The van der Waals surface area contributed by atoms with E-state index in [0.717, 1.165) is 47.9 Å². The number of carbonyl (C=O) groups is 1. The van der Waals surface area contributed by atoms with Crippen LogP contribution in [0.1, 0.15) is 33.9 Å².